The van der Waals surface area contributed by atoms with E-state index in [1.807, 2.05) is 30.5 Å². The Morgan fingerprint density at radius 1 is 1.00 bits per heavy atom. The summed E-state index contributed by atoms with van der Waals surface area (Å²) >= 11 is 0. The van der Waals surface area contributed by atoms with Crippen LogP contribution in [0.4, 0.5) is 0 Å². The fraction of sp³-hybridized carbons (Fsp3) is 0.346. The summed E-state index contributed by atoms with van der Waals surface area (Å²) in [6.45, 7) is 6.95. The molecule has 0 saturated carbocycles. The monoisotopic (exact) mass is 401 g/mol. The van der Waals surface area contributed by atoms with Crippen LogP contribution in [0.5, 0.6) is 5.75 Å². The largest absolute Gasteiger partial charge is 0.489 e. The van der Waals surface area contributed by atoms with Crippen LogP contribution in [0.25, 0.3) is 0 Å². The molecule has 0 aliphatic carbocycles. The van der Waals surface area contributed by atoms with Gasteiger partial charge in [-0.25, -0.2) is 0 Å². The van der Waals surface area contributed by atoms with Crippen molar-refractivity contribution in [3.63, 3.8) is 0 Å². The van der Waals surface area contributed by atoms with Crippen LogP contribution in [0.15, 0.2) is 73.1 Å². The first kappa shape index (κ1) is 20.6. The topological polar surface area (TPSA) is 37.4 Å². The second kappa shape index (κ2) is 10.4. The van der Waals surface area contributed by atoms with Gasteiger partial charge in [0.15, 0.2) is 0 Å². The average molecular weight is 402 g/mol. The smallest absolute Gasteiger partial charge is 0.119 e. The Morgan fingerprint density at radius 3 is 2.60 bits per heavy atom. The van der Waals surface area contributed by atoms with E-state index in [1.54, 1.807) is 6.20 Å². The zero-order valence-electron chi connectivity index (χ0n) is 17.8. The molecule has 4 nitrogen and oxygen atoms in total. The summed E-state index contributed by atoms with van der Waals surface area (Å²) in [7, 11) is 0. The van der Waals surface area contributed by atoms with Crippen molar-refractivity contribution >= 4 is 0 Å². The minimum Gasteiger partial charge on any atom is -0.489 e. The van der Waals surface area contributed by atoms with E-state index in [1.165, 1.54) is 16.7 Å². The third-order valence-electron chi connectivity index (χ3n) is 5.91. The van der Waals surface area contributed by atoms with Gasteiger partial charge in [-0.15, -0.1) is 0 Å². The van der Waals surface area contributed by atoms with Crippen LogP contribution in [-0.2, 0) is 26.1 Å². The number of fused-ring (bicyclic) bond motifs is 1. The van der Waals surface area contributed by atoms with E-state index in [-0.39, 0.29) is 0 Å². The maximum absolute atomic E-state index is 5.85. The Balaban J connectivity index is 1.23. The maximum Gasteiger partial charge on any atom is 0.119 e. The summed E-state index contributed by atoms with van der Waals surface area (Å²) in [5.41, 5.74) is 5.36. The molecule has 156 valence electrons. The highest BCUT2D eigenvalue weighted by molar-refractivity contribution is 5.29. The fourth-order valence-corrected chi connectivity index (χ4v) is 4.10. The van der Waals surface area contributed by atoms with Gasteiger partial charge in [-0.2, -0.15) is 0 Å². The van der Waals surface area contributed by atoms with Gasteiger partial charge in [0, 0.05) is 50.2 Å². The van der Waals surface area contributed by atoms with Gasteiger partial charge >= 0.3 is 0 Å². The molecule has 0 fully saturated rings. The van der Waals surface area contributed by atoms with Crippen molar-refractivity contribution in [2.75, 3.05) is 13.1 Å². The van der Waals surface area contributed by atoms with E-state index < -0.39 is 0 Å². The minimum atomic E-state index is 0.544. The number of ether oxygens (including phenoxy) is 1. The van der Waals surface area contributed by atoms with Crippen molar-refractivity contribution < 1.29 is 4.74 Å². The molecule has 30 heavy (non-hydrogen) atoms. The molecule has 1 unspecified atom stereocenters. The number of rotatable bonds is 9. The van der Waals surface area contributed by atoms with Gasteiger partial charge in [-0.1, -0.05) is 49.4 Å². The van der Waals surface area contributed by atoms with Crippen molar-refractivity contribution in [1.29, 1.82) is 0 Å². The van der Waals surface area contributed by atoms with Crippen LogP contribution in [0.1, 0.15) is 35.6 Å². The molecule has 3 aromatic rings. The van der Waals surface area contributed by atoms with E-state index in [0.717, 1.165) is 50.3 Å². The van der Waals surface area contributed by atoms with Crippen LogP contribution in [0, 0.1) is 0 Å². The number of benzene rings is 2. The molecule has 1 aromatic heterocycles. The molecule has 4 heteroatoms. The van der Waals surface area contributed by atoms with Crippen molar-refractivity contribution in [1.82, 2.24) is 15.2 Å². The number of nitrogens with one attached hydrogen (secondary N) is 1. The normalized spacial score (nSPS) is 14.8. The number of aromatic nitrogens is 1. The Kier molecular flexibility index (Phi) is 7.11. The zero-order valence-corrected chi connectivity index (χ0v) is 17.8. The molecule has 1 atom stereocenters. The molecule has 4 rings (SSSR count). The minimum absolute atomic E-state index is 0.544. The van der Waals surface area contributed by atoms with E-state index >= 15 is 0 Å². The van der Waals surface area contributed by atoms with Crippen LogP contribution in [0.3, 0.4) is 0 Å². The zero-order chi connectivity index (χ0) is 20.6. The highest BCUT2D eigenvalue weighted by atomic mass is 16.5. The highest BCUT2D eigenvalue weighted by Crippen LogP contribution is 2.21. The number of nitrogens with zero attached hydrogens (tertiary/aromatic N) is 2. The first-order chi connectivity index (χ1) is 14.8. The van der Waals surface area contributed by atoms with Crippen LogP contribution < -0.4 is 10.1 Å². The van der Waals surface area contributed by atoms with Gasteiger partial charge in [-0.3, -0.25) is 9.88 Å². The lowest BCUT2D eigenvalue weighted by Gasteiger charge is -2.35. The van der Waals surface area contributed by atoms with Gasteiger partial charge < -0.3 is 10.1 Å². The van der Waals surface area contributed by atoms with Gasteiger partial charge in [0.1, 0.15) is 12.4 Å². The molecule has 2 aromatic carbocycles. The third-order valence-corrected chi connectivity index (χ3v) is 5.91. The predicted molar refractivity (Wildman–Crippen MR) is 121 cm³/mol. The molecular weight excluding hydrogens is 370 g/mol. The first-order valence-corrected chi connectivity index (χ1v) is 10.9. The molecule has 1 N–H and O–H groups in total. The van der Waals surface area contributed by atoms with Crippen molar-refractivity contribution in [3.05, 3.63) is 95.3 Å². The standard InChI is InChI=1S/C26H31N3O/c1-2-25(29-15-13-23-7-3-4-8-24(23)19-29)18-28-16-21-9-11-26(12-10-21)30-20-22-6-5-14-27-17-22/h3-12,14,17,25,28H,2,13,15-16,18-20H2,1H3. The Bertz CT molecular complexity index is 911. The van der Waals surface area contributed by atoms with Crippen molar-refractivity contribution in [3.8, 4) is 5.75 Å². The second-order valence-corrected chi connectivity index (χ2v) is 7.98. The van der Waals surface area contributed by atoms with Gasteiger partial charge in [0.25, 0.3) is 0 Å². The predicted octanol–water partition coefficient (Wildman–Crippen LogP) is 4.59. The fourth-order valence-electron chi connectivity index (χ4n) is 4.10. The van der Waals surface area contributed by atoms with E-state index in [2.05, 4.69) is 58.5 Å². The summed E-state index contributed by atoms with van der Waals surface area (Å²) in [6, 6.07) is 21.8. The van der Waals surface area contributed by atoms with E-state index in [0.29, 0.717) is 12.6 Å². The molecule has 1 aliphatic rings. The van der Waals surface area contributed by atoms with Crippen LogP contribution >= 0.6 is 0 Å². The SMILES string of the molecule is CCC(CNCc1ccc(OCc2cccnc2)cc1)N1CCc2ccccc2C1. The average Bonchev–Trinajstić information content (AvgIpc) is 2.82. The van der Waals surface area contributed by atoms with Gasteiger partial charge in [-0.05, 0) is 47.7 Å². The lowest BCUT2D eigenvalue weighted by Crippen LogP contribution is -2.44. The maximum atomic E-state index is 5.85. The second-order valence-electron chi connectivity index (χ2n) is 7.98. The lowest BCUT2D eigenvalue weighted by atomic mass is 9.98. The van der Waals surface area contributed by atoms with Gasteiger partial charge in [0.05, 0.1) is 0 Å². The number of hydrogen-bond acceptors (Lipinski definition) is 4. The third kappa shape index (κ3) is 5.47. The summed E-state index contributed by atoms with van der Waals surface area (Å²) in [5.74, 6) is 0.890. The van der Waals surface area contributed by atoms with Crippen molar-refractivity contribution in [2.45, 2.75) is 45.5 Å². The van der Waals surface area contributed by atoms with E-state index in [9.17, 15) is 0 Å². The molecule has 0 amide bonds. The van der Waals surface area contributed by atoms with Gasteiger partial charge in [0.2, 0.25) is 0 Å². The molecule has 0 spiro atoms. The van der Waals surface area contributed by atoms with E-state index in [4.69, 9.17) is 4.74 Å². The molecule has 1 aliphatic heterocycles. The summed E-state index contributed by atoms with van der Waals surface area (Å²) < 4.78 is 5.85. The van der Waals surface area contributed by atoms with Crippen LogP contribution in [-0.4, -0.2) is 29.0 Å². The molecular formula is C26H31N3O. The quantitative estimate of drug-likeness (QED) is 0.569. The summed E-state index contributed by atoms with van der Waals surface area (Å²) in [5, 5.41) is 3.66. The Hall–Kier alpha value is -2.69. The number of hydrogen-bond donors (Lipinski definition) is 1. The van der Waals surface area contributed by atoms with Crippen LogP contribution in [0.2, 0.25) is 0 Å². The Labute approximate surface area is 179 Å². The van der Waals surface area contributed by atoms with Crippen molar-refractivity contribution in [2.24, 2.45) is 0 Å². The molecule has 0 radical (unpaired) electrons. The summed E-state index contributed by atoms with van der Waals surface area (Å²) in [4.78, 5) is 6.75. The summed E-state index contributed by atoms with van der Waals surface area (Å²) in [6.07, 6.45) is 5.94. The first-order valence-electron chi connectivity index (χ1n) is 10.9. The lowest BCUT2D eigenvalue weighted by molar-refractivity contribution is 0.169. The highest BCUT2D eigenvalue weighted by Gasteiger charge is 2.21. The molecule has 0 saturated heterocycles. The molecule has 0 bridgehead atoms. The Morgan fingerprint density at radius 2 is 1.83 bits per heavy atom. The molecule has 2 heterocycles. The number of pyridine rings is 1.